The van der Waals surface area contributed by atoms with E-state index >= 15 is 0 Å². The molecule has 0 saturated heterocycles. The fraction of sp³-hybridized carbons (Fsp3) is 0.480. The van der Waals surface area contributed by atoms with Gasteiger partial charge in [0, 0.05) is 18.3 Å². The molecule has 1 spiro atoms. The Hall–Kier alpha value is -3.29. The average molecular weight is 454 g/mol. The summed E-state index contributed by atoms with van der Waals surface area (Å²) >= 11 is 0. The molecule has 2 N–H and O–H groups in total. The summed E-state index contributed by atoms with van der Waals surface area (Å²) in [4.78, 5) is 38.4. The van der Waals surface area contributed by atoms with Gasteiger partial charge in [-0.25, -0.2) is 14.9 Å². The fourth-order valence-corrected chi connectivity index (χ4v) is 4.52. The molecule has 176 valence electrons. The minimum Gasteiger partial charge on any atom is -0.482 e. The lowest BCUT2D eigenvalue weighted by Crippen LogP contribution is -2.54. The third-order valence-corrected chi connectivity index (χ3v) is 6.21. The molecule has 0 aliphatic heterocycles. The van der Waals surface area contributed by atoms with Crippen molar-refractivity contribution in [2.75, 3.05) is 5.43 Å². The van der Waals surface area contributed by atoms with Gasteiger partial charge in [-0.2, -0.15) is 0 Å². The van der Waals surface area contributed by atoms with E-state index in [1.165, 1.54) is 36.2 Å². The molecule has 33 heavy (non-hydrogen) atoms. The average Bonchev–Trinajstić information content (AvgIpc) is 2.68. The van der Waals surface area contributed by atoms with Crippen LogP contribution in [0.15, 0.2) is 47.4 Å². The third-order valence-electron chi connectivity index (χ3n) is 6.21. The van der Waals surface area contributed by atoms with Crippen molar-refractivity contribution < 1.29 is 19.1 Å². The molecule has 0 bridgehead atoms. The van der Waals surface area contributed by atoms with E-state index in [9.17, 15) is 14.4 Å². The molecule has 2 amide bonds. The van der Waals surface area contributed by atoms with Crippen molar-refractivity contribution in [3.8, 4) is 5.75 Å². The summed E-state index contributed by atoms with van der Waals surface area (Å²) in [6.45, 7) is 5.34. The van der Waals surface area contributed by atoms with Crippen molar-refractivity contribution in [3.05, 3.63) is 64.1 Å². The van der Waals surface area contributed by atoms with Gasteiger partial charge in [0.1, 0.15) is 12.2 Å². The van der Waals surface area contributed by atoms with Crippen molar-refractivity contribution in [3.63, 3.8) is 0 Å². The maximum absolute atomic E-state index is 13.3. The van der Waals surface area contributed by atoms with Gasteiger partial charge in [0.2, 0.25) is 5.43 Å². The number of aromatic nitrogens is 1. The van der Waals surface area contributed by atoms with Crippen LogP contribution in [0.2, 0.25) is 0 Å². The molecular weight excluding hydrogens is 422 g/mol. The number of carbonyl (C=O) groups excluding carboxylic acids is 2. The van der Waals surface area contributed by atoms with Gasteiger partial charge >= 0.3 is 6.09 Å². The van der Waals surface area contributed by atoms with Gasteiger partial charge in [-0.15, -0.1) is 0 Å². The zero-order chi connectivity index (χ0) is 23.6. The molecule has 2 saturated carbocycles. The number of pyridine rings is 1. The maximum Gasteiger partial charge on any atom is 0.426 e. The molecule has 0 radical (unpaired) electrons. The van der Waals surface area contributed by atoms with E-state index in [4.69, 9.17) is 9.47 Å². The first kappa shape index (κ1) is 22.9. The number of rotatable bonds is 6. The second-order valence-corrected chi connectivity index (χ2v) is 10.0. The van der Waals surface area contributed by atoms with E-state index in [0.29, 0.717) is 5.41 Å². The summed E-state index contributed by atoms with van der Waals surface area (Å²) in [5.74, 6) is -0.585. The highest BCUT2D eigenvalue weighted by atomic mass is 16.6. The summed E-state index contributed by atoms with van der Waals surface area (Å²) in [6.07, 6.45) is 6.14. The highest BCUT2D eigenvalue weighted by Crippen LogP contribution is 2.55. The van der Waals surface area contributed by atoms with Crippen molar-refractivity contribution in [2.45, 2.75) is 71.1 Å². The summed E-state index contributed by atoms with van der Waals surface area (Å²) in [6, 6.07) is 10.7. The third kappa shape index (κ3) is 5.38. The van der Waals surface area contributed by atoms with Crippen molar-refractivity contribution in [1.29, 1.82) is 0 Å². The first-order valence-corrected chi connectivity index (χ1v) is 11.4. The standard InChI is InChI=1S/C25H31N3O5/c1-24(2,3)33-23(31)27-28-13-10-19(29)21(32-16-17-8-5-4-6-9-17)20(28)22(30)26-18-14-25(15-18)11-7-12-25/h4-6,8-10,13,18H,7,11-12,14-16H2,1-3H3,(H,26,30)(H,27,31). The second kappa shape index (κ2) is 8.92. The molecule has 2 fully saturated rings. The van der Waals surface area contributed by atoms with Gasteiger partial charge in [-0.1, -0.05) is 36.8 Å². The van der Waals surface area contributed by atoms with E-state index in [1.807, 2.05) is 30.3 Å². The van der Waals surface area contributed by atoms with Gasteiger partial charge in [-0.3, -0.25) is 9.59 Å². The van der Waals surface area contributed by atoms with Gasteiger partial charge < -0.3 is 14.8 Å². The van der Waals surface area contributed by atoms with Gasteiger partial charge in [0.05, 0.1) is 0 Å². The number of carbonyl (C=O) groups is 2. The minimum atomic E-state index is -0.744. The van der Waals surface area contributed by atoms with Gasteiger partial charge in [0.15, 0.2) is 11.4 Å². The predicted octanol–water partition coefficient (Wildman–Crippen LogP) is 3.97. The Morgan fingerprint density at radius 3 is 2.42 bits per heavy atom. The lowest BCUT2D eigenvalue weighted by atomic mass is 9.54. The molecule has 0 atom stereocenters. The molecule has 0 unspecified atom stereocenters. The Kier molecular flexibility index (Phi) is 6.19. The molecule has 8 nitrogen and oxygen atoms in total. The quantitative estimate of drug-likeness (QED) is 0.690. The smallest absolute Gasteiger partial charge is 0.426 e. The molecule has 1 aromatic heterocycles. The maximum atomic E-state index is 13.3. The highest BCUT2D eigenvalue weighted by Gasteiger charge is 2.48. The fourth-order valence-electron chi connectivity index (χ4n) is 4.52. The molecule has 2 aliphatic carbocycles. The second-order valence-electron chi connectivity index (χ2n) is 10.0. The molecule has 2 aromatic rings. The van der Waals surface area contributed by atoms with E-state index in [2.05, 4.69) is 10.7 Å². The van der Waals surface area contributed by atoms with E-state index in [-0.39, 0.29) is 24.1 Å². The van der Waals surface area contributed by atoms with Crippen LogP contribution in [0.4, 0.5) is 4.79 Å². The molecular formula is C25H31N3O5. The normalized spacial score (nSPS) is 16.9. The molecule has 8 heteroatoms. The first-order valence-electron chi connectivity index (χ1n) is 11.4. The number of amides is 2. The van der Waals surface area contributed by atoms with E-state index < -0.39 is 23.0 Å². The Labute approximate surface area is 193 Å². The molecule has 4 rings (SSSR count). The van der Waals surface area contributed by atoms with Crippen LogP contribution in [0.1, 0.15) is 68.9 Å². The number of benzene rings is 1. The monoisotopic (exact) mass is 453 g/mol. The molecule has 2 aliphatic rings. The molecule has 1 heterocycles. The van der Waals surface area contributed by atoms with Crippen LogP contribution in [0.25, 0.3) is 0 Å². The number of hydrogen-bond donors (Lipinski definition) is 2. The summed E-state index contributed by atoms with van der Waals surface area (Å²) in [5, 5.41) is 3.01. The Morgan fingerprint density at radius 1 is 1.12 bits per heavy atom. The van der Waals surface area contributed by atoms with Gasteiger partial charge in [0.25, 0.3) is 5.91 Å². The molecule has 1 aromatic carbocycles. The number of ether oxygens (including phenoxy) is 2. The Bertz CT molecular complexity index is 1080. The minimum absolute atomic E-state index is 0.0464. The largest absolute Gasteiger partial charge is 0.482 e. The van der Waals surface area contributed by atoms with Crippen molar-refractivity contribution in [2.24, 2.45) is 5.41 Å². The lowest BCUT2D eigenvalue weighted by molar-refractivity contribution is -0.000800. The van der Waals surface area contributed by atoms with Crippen LogP contribution < -0.4 is 20.9 Å². The number of nitrogens with one attached hydrogen (secondary N) is 2. The zero-order valence-corrected chi connectivity index (χ0v) is 19.3. The van der Waals surface area contributed by atoms with Crippen LogP contribution in [0.5, 0.6) is 5.75 Å². The van der Waals surface area contributed by atoms with Crippen LogP contribution in [0, 0.1) is 5.41 Å². The predicted molar refractivity (Wildman–Crippen MR) is 124 cm³/mol. The van der Waals surface area contributed by atoms with Crippen molar-refractivity contribution >= 4 is 12.0 Å². The van der Waals surface area contributed by atoms with Crippen molar-refractivity contribution in [1.82, 2.24) is 9.99 Å². The van der Waals surface area contributed by atoms with Crippen LogP contribution in [-0.4, -0.2) is 28.3 Å². The van der Waals surface area contributed by atoms with Gasteiger partial charge in [-0.05, 0) is 57.4 Å². The zero-order valence-electron chi connectivity index (χ0n) is 19.3. The highest BCUT2D eigenvalue weighted by molar-refractivity contribution is 5.96. The SMILES string of the molecule is CC(C)(C)OC(=O)Nn1ccc(=O)c(OCc2ccccc2)c1C(=O)NC1CC2(CCC2)C1. The summed E-state index contributed by atoms with van der Waals surface area (Å²) in [5.41, 5.74) is 2.55. The first-order chi connectivity index (χ1) is 15.6. The Balaban J connectivity index is 1.58. The lowest BCUT2D eigenvalue weighted by Gasteiger charge is -2.54. The summed E-state index contributed by atoms with van der Waals surface area (Å²) in [7, 11) is 0. The number of nitrogens with zero attached hydrogens (tertiary/aromatic N) is 1. The number of hydrogen-bond acceptors (Lipinski definition) is 5. The van der Waals surface area contributed by atoms with Crippen LogP contribution in [0.3, 0.4) is 0 Å². The van der Waals surface area contributed by atoms with E-state index in [1.54, 1.807) is 20.8 Å². The topological polar surface area (TPSA) is 98.7 Å². The van der Waals surface area contributed by atoms with Crippen LogP contribution >= 0.6 is 0 Å². The Morgan fingerprint density at radius 2 is 1.82 bits per heavy atom. The summed E-state index contributed by atoms with van der Waals surface area (Å²) < 4.78 is 12.3. The van der Waals surface area contributed by atoms with E-state index in [0.717, 1.165) is 18.4 Å². The van der Waals surface area contributed by atoms with Crippen LogP contribution in [-0.2, 0) is 11.3 Å².